The van der Waals surface area contributed by atoms with Gasteiger partial charge in [0.1, 0.15) is 0 Å². The lowest BCUT2D eigenvalue weighted by Gasteiger charge is -2.16. The zero-order valence-corrected chi connectivity index (χ0v) is 11.5. The first-order chi connectivity index (χ1) is 9.11. The van der Waals surface area contributed by atoms with Crippen molar-refractivity contribution in [3.05, 3.63) is 35.4 Å². The standard InChI is InChI=1S/C16H20N2O/c1-12-10-18(11-13(12)2)16(19)15-7-3-5-14(9-15)6-4-8-17/h3,5,7,9,12-13H,8,10-11,17H2,1-2H3. The summed E-state index contributed by atoms with van der Waals surface area (Å²) in [5.74, 6) is 7.02. The van der Waals surface area contributed by atoms with Crippen molar-refractivity contribution in [2.24, 2.45) is 17.6 Å². The molecule has 1 aromatic rings. The number of nitrogens with two attached hydrogens (primary N) is 1. The summed E-state index contributed by atoms with van der Waals surface area (Å²) >= 11 is 0. The van der Waals surface area contributed by atoms with Crippen molar-refractivity contribution in [3.8, 4) is 11.8 Å². The lowest BCUT2D eigenvalue weighted by atomic mass is 10.0. The third-order valence-corrected chi connectivity index (χ3v) is 3.72. The van der Waals surface area contributed by atoms with Gasteiger partial charge in [0.25, 0.3) is 5.91 Å². The summed E-state index contributed by atoms with van der Waals surface area (Å²) in [7, 11) is 0. The number of amides is 1. The molecule has 3 heteroatoms. The number of carbonyl (C=O) groups is 1. The molecule has 1 aromatic carbocycles. The van der Waals surface area contributed by atoms with Crippen LogP contribution >= 0.6 is 0 Å². The van der Waals surface area contributed by atoms with Crippen LogP contribution in [0.5, 0.6) is 0 Å². The molecular weight excluding hydrogens is 236 g/mol. The van der Waals surface area contributed by atoms with E-state index < -0.39 is 0 Å². The van der Waals surface area contributed by atoms with Gasteiger partial charge in [0, 0.05) is 24.2 Å². The molecule has 100 valence electrons. The van der Waals surface area contributed by atoms with Gasteiger partial charge in [0.15, 0.2) is 0 Å². The van der Waals surface area contributed by atoms with Crippen molar-refractivity contribution in [2.45, 2.75) is 13.8 Å². The summed E-state index contributed by atoms with van der Waals surface area (Å²) < 4.78 is 0. The first-order valence-electron chi connectivity index (χ1n) is 6.70. The van der Waals surface area contributed by atoms with Gasteiger partial charge in [-0.3, -0.25) is 4.79 Å². The zero-order chi connectivity index (χ0) is 13.8. The lowest BCUT2D eigenvalue weighted by molar-refractivity contribution is 0.0785. The number of nitrogens with zero attached hydrogens (tertiary/aromatic N) is 1. The minimum atomic E-state index is 0.104. The zero-order valence-electron chi connectivity index (χ0n) is 11.5. The number of carbonyl (C=O) groups excluding carboxylic acids is 1. The highest BCUT2D eigenvalue weighted by molar-refractivity contribution is 5.94. The molecule has 2 unspecified atom stereocenters. The lowest BCUT2D eigenvalue weighted by Crippen LogP contribution is -2.28. The quantitative estimate of drug-likeness (QED) is 0.778. The molecule has 1 amide bonds. The average molecular weight is 256 g/mol. The Labute approximate surface area is 114 Å². The summed E-state index contributed by atoms with van der Waals surface area (Å²) in [6, 6.07) is 7.47. The van der Waals surface area contributed by atoms with E-state index in [2.05, 4.69) is 25.7 Å². The molecule has 0 spiro atoms. The normalized spacial score (nSPS) is 21.9. The highest BCUT2D eigenvalue weighted by Gasteiger charge is 2.29. The van der Waals surface area contributed by atoms with Crippen LogP contribution in [0.15, 0.2) is 24.3 Å². The fourth-order valence-corrected chi connectivity index (χ4v) is 2.36. The summed E-state index contributed by atoms with van der Waals surface area (Å²) in [6.45, 7) is 6.42. The molecule has 1 saturated heterocycles. The molecule has 0 radical (unpaired) electrons. The average Bonchev–Trinajstić information content (AvgIpc) is 2.76. The van der Waals surface area contributed by atoms with E-state index in [9.17, 15) is 4.79 Å². The fraction of sp³-hybridized carbons (Fsp3) is 0.438. The van der Waals surface area contributed by atoms with E-state index in [1.54, 1.807) is 0 Å². The van der Waals surface area contributed by atoms with E-state index in [1.807, 2.05) is 29.2 Å². The second-order valence-electron chi connectivity index (χ2n) is 5.25. The highest BCUT2D eigenvalue weighted by Crippen LogP contribution is 2.23. The van der Waals surface area contributed by atoms with Gasteiger partial charge in [0.2, 0.25) is 0 Å². The number of likely N-dealkylation sites (tertiary alicyclic amines) is 1. The molecule has 1 heterocycles. The molecule has 0 bridgehead atoms. The molecule has 19 heavy (non-hydrogen) atoms. The van der Waals surface area contributed by atoms with Crippen LogP contribution in [-0.2, 0) is 0 Å². The van der Waals surface area contributed by atoms with E-state index >= 15 is 0 Å². The van der Waals surface area contributed by atoms with Crippen molar-refractivity contribution >= 4 is 5.91 Å². The summed E-state index contributed by atoms with van der Waals surface area (Å²) in [4.78, 5) is 14.4. The second kappa shape index (κ2) is 5.90. The van der Waals surface area contributed by atoms with Crippen molar-refractivity contribution < 1.29 is 4.79 Å². The number of rotatable bonds is 1. The fourth-order valence-electron chi connectivity index (χ4n) is 2.36. The van der Waals surface area contributed by atoms with Crippen LogP contribution < -0.4 is 5.73 Å². The van der Waals surface area contributed by atoms with E-state index in [-0.39, 0.29) is 5.91 Å². The minimum absolute atomic E-state index is 0.104. The molecule has 0 aromatic heterocycles. The molecular formula is C16H20N2O. The number of benzene rings is 1. The minimum Gasteiger partial charge on any atom is -0.338 e. The van der Waals surface area contributed by atoms with E-state index in [4.69, 9.17) is 5.73 Å². The summed E-state index contributed by atoms with van der Waals surface area (Å²) in [5, 5.41) is 0. The van der Waals surface area contributed by atoms with E-state index in [1.165, 1.54) is 0 Å². The third-order valence-electron chi connectivity index (χ3n) is 3.72. The van der Waals surface area contributed by atoms with Gasteiger partial charge in [-0.25, -0.2) is 0 Å². The molecule has 2 atom stereocenters. The SMILES string of the molecule is CC1CN(C(=O)c2cccc(C#CCN)c2)CC1C. The first-order valence-corrected chi connectivity index (χ1v) is 6.70. The van der Waals surface area contributed by atoms with Gasteiger partial charge in [-0.1, -0.05) is 31.8 Å². The van der Waals surface area contributed by atoms with Crippen LogP contribution in [-0.4, -0.2) is 30.4 Å². The number of hydrogen-bond donors (Lipinski definition) is 1. The molecule has 1 aliphatic rings. The predicted octanol–water partition coefficient (Wildman–Crippen LogP) is 1.72. The monoisotopic (exact) mass is 256 g/mol. The van der Waals surface area contributed by atoms with Crippen molar-refractivity contribution in [3.63, 3.8) is 0 Å². The van der Waals surface area contributed by atoms with Crippen LogP contribution in [0.25, 0.3) is 0 Å². The molecule has 3 nitrogen and oxygen atoms in total. The second-order valence-corrected chi connectivity index (χ2v) is 5.25. The predicted molar refractivity (Wildman–Crippen MR) is 76.6 cm³/mol. The first kappa shape index (κ1) is 13.6. The van der Waals surface area contributed by atoms with E-state index in [0.29, 0.717) is 23.9 Å². The molecule has 0 saturated carbocycles. The van der Waals surface area contributed by atoms with E-state index in [0.717, 1.165) is 18.7 Å². The van der Waals surface area contributed by atoms with Crippen LogP contribution in [0.1, 0.15) is 29.8 Å². The van der Waals surface area contributed by atoms with Gasteiger partial charge in [-0.15, -0.1) is 0 Å². The molecule has 1 aliphatic heterocycles. The van der Waals surface area contributed by atoms with Crippen LogP contribution in [0, 0.1) is 23.7 Å². The van der Waals surface area contributed by atoms with Crippen LogP contribution in [0.4, 0.5) is 0 Å². The Morgan fingerprint density at radius 3 is 2.68 bits per heavy atom. The smallest absolute Gasteiger partial charge is 0.253 e. The Morgan fingerprint density at radius 1 is 1.37 bits per heavy atom. The largest absolute Gasteiger partial charge is 0.338 e. The maximum absolute atomic E-state index is 12.4. The highest BCUT2D eigenvalue weighted by atomic mass is 16.2. The Balaban J connectivity index is 2.16. The van der Waals surface area contributed by atoms with Gasteiger partial charge in [0.05, 0.1) is 6.54 Å². The topological polar surface area (TPSA) is 46.3 Å². The number of hydrogen-bond acceptors (Lipinski definition) is 2. The Bertz CT molecular complexity index is 517. The van der Waals surface area contributed by atoms with Crippen molar-refractivity contribution in [2.75, 3.05) is 19.6 Å². The van der Waals surface area contributed by atoms with Crippen molar-refractivity contribution in [1.82, 2.24) is 4.90 Å². The van der Waals surface area contributed by atoms with Crippen LogP contribution in [0.2, 0.25) is 0 Å². The van der Waals surface area contributed by atoms with Crippen molar-refractivity contribution in [1.29, 1.82) is 0 Å². The Hall–Kier alpha value is -1.79. The summed E-state index contributed by atoms with van der Waals surface area (Å²) in [6.07, 6.45) is 0. The molecule has 2 N–H and O–H groups in total. The molecule has 0 aliphatic carbocycles. The summed E-state index contributed by atoms with van der Waals surface area (Å²) in [5.41, 5.74) is 6.91. The Kier molecular flexibility index (Phi) is 4.24. The van der Waals surface area contributed by atoms with Gasteiger partial charge in [-0.05, 0) is 30.0 Å². The van der Waals surface area contributed by atoms with Gasteiger partial charge >= 0.3 is 0 Å². The Morgan fingerprint density at radius 2 is 2.05 bits per heavy atom. The maximum Gasteiger partial charge on any atom is 0.253 e. The molecule has 2 rings (SSSR count). The maximum atomic E-state index is 12.4. The van der Waals surface area contributed by atoms with Crippen LogP contribution in [0.3, 0.4) is 0 Å². The molecule has 1 fully saturated rings. The van der Waals surface area contributed by atoms with Gasteiger partial charge in [-0.2, -0.15) is 0 Å². The van der Waals surface area contributed by atoms with Gasteiger partial charge < -0.3 is 10.6 Å². The third kappa shape index (κ3) is 3.15.